The summed E-state index contributed by atoms with van der Waals surface area (Å²) in [6.45, 7) is 5.13. The number of fused-ring (bicyclic) bond motifs is 1. The Morgan fingerprint density at radius 1 is 1.42 bits per heavy atom. The third kappa shape index (κ3) is 1.04. The highest BCUT2D eigenvalue weighted by atomic mass is 14.8. The highest BCUT2D eigenvalue weighted by Gasteiger charge is 2.18. The van der Waals surface area contributed by atoms with Crippen molar-refractivity contribution in [2.24, 2.45) is 10.9 Å². The van der Waals surface area contributed by atoms with E-state index < -0.39 is 0 Å². The predicted molar refractivity (Wildman–Crippen MR) is 49.3 cm³/mol. The molecule has 0 atom stereocenters. The van der Waals surface area contributed by atoms with Crippen molar-refractivity contribution < 1.29 is 0 Å². The number of hydrogen-bond acceptors (Lipinski definition) is 2. The smallest absolute Gasteiger partial charge is 0.0893 e. The van der Waals surface area contributed by atoms with Crippen LogP contribution < -0.4 is 0 Å². The molecular formula is C10H12N2. The summed E-state index contributed by atoms with van der Waals surface area (Å²) in [4.78, 5) is 8.79. The van der Waals surface area contributed by atoms with E-state index in [1.165, 1.54) is 5.56 Å². The molecule has 1 aromatic heterocycles. The summed E-state index contributed by atoms with van der Waals surface area (Å²) < 4.78 is 0. The molecule has 2 heteroatoms. The zero-order valence-electron chi connectivity index (χ0n) is 7.41. The SMILES string of the molecule is CC(C)C1=NCc2cccnc21. The van der Waals surface area contributed by atoms with Crippen molar-refractivity contribution in [2.45, 2.75) is 20.4 Å². The van der Waals surface area contributed by atoms with E-state index in [0.717, 1.165) is 18.0 Å². The van der Waals surface area contributed by atoms with Gasteiger partial charge in [-0.05, 0) is 12.0 Å². The lowest BCUT2D eigenvalue weighted by atomic mass is 10.0. The quantitative estimate of drug-likeness (QED) is 0.617. The minimum absolute atomic E-state index is 0.487. The Morgan fingerprint density at radius 2 is 2.25 bits per heavy atom. The van der Waals surface area contributed by atoms with E-state index in [1.54, 1.807) is 0 Å². The average Bonchev–Trinajstić information content (AvgIpc) is 2.47. The second kappa shape index (κ2) is 2.70. The van der Waals surface area contributed by atoms with Gasteiger partial charge in [0.05, 0.1) is 18.0 Å². The van der Waals surface area contributed by atoms with Crippen molar-refractivity contribution in [1.82, 2.24) is 4.98 Å². The molecule has 0 saturated heterocycles. The first-order valence-corrected chi connectivity index (χ1v) is 4.27. The van der Waals surface area contributed by atoms with Gasteiger partial charge >= 0.3 is 0 Å². The van der Waals surface area contributed by atoms with Crippen molar-refractivity contribution in [3.63, 3.8) is 0 Å². The van der Waals surface area contributed by atoms with Gasteiger partial charge in [-0.1, -0.05) is 19.9 Å². The molecule has 12 heavy (non-hydrogen) atoms. The van der Waals surface area contributed by atoms with E-state index in [1.807, 2.05) is 12.3 Å². The molecule has 0 unspecified atom stereocenters. The third-order valence-corrected chi connectivity index (χ3v) is 2.10. The fourth-order valence-corrected chi connectivity index (χ4v) is 1.50. The molecule has 1 aliphatic rings. The molecule has 0 aromatic carbocycles. The van der Waals surface area contributed by atoms with Crippen LogP contribution in [0.3, 0.4) is 0 Å². The van der Waals surface area contributed by atoms with Crippen LogP contribution >= 0.6 is 0 Å². The van der Waals surface area contributed by atoms with Crippen molar-refractivity contribution in [2.75, 3.05) is 0 Å². The molecule has 0 N–H and O–H groups in total. The fourth-order valence-electron chi connectivity index (χ4n) is 1.50. The summed E-state index contributed by atoms with van der Waals surface area (Å²) in [6, 6.07) is 4.07. The van der Waals surface area contributed by atoms with E-state index in [0.29, 0.717) is 5.92 Å². The van der Waals surface area contributed by atoms with Gasteiger partial charge in [-0.25, -0.2) is 0 Å². The van der Waals surface area contributed by atoms with Crippen LogP contribution in [0.15, 0.2) is 23.3 Å². The molecule has 1 aromatic rings. The molecule has 0 saturated carbocycles. The number of hydrogen-bond donors (Lipinski definition) is 0. The number of nitrogens with zero attached hydrogens (tertiary/aromatic N) is 2. The average molecular weight is 160 g/mol. The summed E-state index contributed by atoms with van der Waals surface area (Å²) in [5, 5.41) is 0. The van der Waals surface area contributed by atoms with Crippen LogP contribution in [0, 0.1) is 5.92 Å². The molecular weight excluding hydrogens is 148 g/mol. The number of rotatable bonds is 1. The van der Waals surface area contributed by atoms with Crippen LogP contribution in [0.5, 0.6) is 0 Å². The maximum absolute atomic E-state index is 4.46. The molecule has 0 spiro atoms. The highest BCUT2D eigenvalue weighted by molar-refractivity contribution is 6.03. The van der Waals surface area contributed by atoms with Gasteiger partial charge < -0.3 is 0 Å². The van der Waals surface area contributed by atoms with E-state index in [-0.39, 0.29) is 0 Å². The summed E-state index contributed by atoms with van der Waals surface area (Å²) >= 11 is 0. The molecule has 0 amide bonds. The normalized spacial score (nSPS) is 14.8. The van der Waals surface area contributed by atoms with Gasteiger partial charge in [-0.3, -0.25) is 9.98 Å². The Morgan fingerprint density at radius 3 is 3.00 bits per heavy atom. The minimum atomic E-state index is 0.487. The topological polar surface area (TPSA) is 25.2 Å². The van der Waals surface area contributed by atoms with Crippen LogP contribution in [0.25, 0.3) is 0 Å². The minimum Gasteiger partial charge on any atom is -0.282 e. The molecule has 62 valence electrons. The van der Waals surface area contributed by atoms with Crippen molar-refractivity contribution >= 4 is 5.71 Å². The summed E-state index contributed by atoms with van der Waals surface area (Å²) in [5.41, 5.74) is 3.53. The van der Waals surface area contributed by atoms with Gasteiger partial charge in [0.2, 0.25) is 0 Å². The number of aliphatic imine (C=N–C) groups is 1. The first-order valence-electron chi connectivity index (χ1n) is 4.27. The lowest BCUT2D eigenvalue weighted by Gasteiger charge is -2.04. The van der Waals surface area contributed by atoms with Crippen molar-refractivity contribution in [3.05, 3.63) is 29.6 Å². The monoisotopic (exact) mass is 160 g/mol. The van der Waals surface area contributed by atoms with Gasteiger partial charge in [0.15, 0.2) is 0 Å². The van der Waals surface area contributed by atoms with Crippen molar-refractivity contribution in [1.29, 1.82) is 0 Å². The highest BCUT2D eigenvalue weighted by Crippen LogP contribution is 2.19. The predicted octanol–water partition coefficient (Wildman–Crippen LogP) is 2.04. The molecule has 0 fully saturated rings. The van der Waals surface area contributed by atoms with Gasteiger partial charge in [-0.15, -0.1) is 0 Å². The van der Waals surface area contributed by atoms with E-state index in [4.69, 9.17) is 0 Å². The summed E-state index contributed by atoms with van der Waals surface area (Å²) in [5.74, 6) is 0.487. The summed E-state index contributed by atoms with van der Waals surface area (Å²) in [7, 11) is 0. The van der Waals surface area contributed by atoms with Gasteiger partial charge in [0, 0.05) is 11.8 Å². The Labute approximate surface area is 72.4 Å². The molecule has 2 nitrogen and oxygen atoms in total. The van der Waals surface area contributed by atoms with Crippen LogP contribution in [-0.2, 0) is 6.54 Å². The Bertz CT molecular complexity index is 326. The number of aromatic nitrogens is 1. The maximum atomic E-state index is 4.46. The zero-order valence-corrected chi connectivity index (χ0v) is 7.41. The summed E-state index contributed by atoms with van der Waals surface area (Å²) in [6.07, 6.45) is 1.84. The van der Waals surface area contributed by atoms with Crippen LogP contribution in [0.4, 0.5) is 0 Å². The zero-order chi connectivity index (χ0) is 8.55. The van der Waals surface area contributed by atoms with Crippen LogP contribution in [0.2, 0.25) is 0 Å². The second-order valence-corrected chi connectivity index (χ2v) is 3.37. The largest absolute Gasteiger partial charge is 0.282 e. The van der Waals surface area contributed by atoms with E-state index in [2.05, 4.69) is 29.9 Å². The Kier molecular flexibility index (Phi) is 1.68. The number of pyridine rings is 1. The van der Waals surface area contributed by atoms with E-state index >= 15 is 0 Å². The van der Waals surface area contributed by atoms with Gasteiger partial charge in [0.1, 0.15) is 0 Å². The first-order chi connectivity index (χ1) is 5.79. The molecule has 0 radical (unpaired) electrons. The lowest BCUT2D eigenvalue weighted by Crippen LogP contribution is -2.08. The van der Waals surface area contributed by atoms with Crippen LogP contribution in [0.1, 0.15) is 25.1 Å². The van der Waals surface area contributed by atoms with Gasteiger partial charge in [-0.2, -0.15) is 0 Å². The standard InChI is InChI=1S/C10H12N2/c1-7(2)9-10-8(6-12-9)4-3-5-11-10/h3-5,7H,6H2,1-2H3. The third-order valence-electron chi connectivity index (χ3n) is 2.10. The molecule has 2 rings (SSSR count). The molecule has 0 aliphatic carbocycles. The van der Waals surface area contributed by atoms with Crippen molar-refractivity contribution in [3.8, 4) is 0 Å². The lowest BCUT2D eigenvalue weighted by molar-refractivity contribution is 0.879. The molecule has 2 heterocycles. The van der Waals surface area contributed by atoms with Gasteiger partial charge in [0.25, 0.3) is 0 Å². The first kappa shape index (κ1) is 7.47. The fraction of sp³-hybridized carbons (Fsp3) is 0.400. The molecule has 0 bridgehead atoms. The van der Waals surface area contributed by atoms with Crippen LogP contribution in [-0.4, -0.2) is 10.7 Å². The maximum Gasteiger partial charge on any atom is 0.0893 e. The Hall–Kier alpha value is -1.18. The Balaban J connectivity index is 2.45. The second-order valence-electron chi connectivity index (χ2n) is 3.37. The molecule has 1 aliphatic heterocycles. The van der Waals surface area contributed by atoms with E-state index in [9.17, 15) is 0 Å².